The van der Waals surface area contributed by atoms with Gasteiger partial charge in [0.2, 0.25) is 0 Å². The summed E-state index contributed by atoms with van der Waals surface area (Å²) >= 11 is 0. The van der Waals surface area contributed by atoms with E-state index < -0.39 is 41.3 Å². The van der Waals surface area contributed by atoms with Crippen LogP contribution < -0.4 is 29.2 Å². The van der Waals surface area contributed by atoms with Gasteiger partial charge in [0.05, 0.1) is 39.6 Å². The number of methoxy groups -OCH3 is 4. The zero-order valence-corrected chi connectivity index (χ0v) is 31.4. The summed E-state index contributed by atoms with van der Waals surface area (Å²) in [5, 5.41) is 13.8. The topological polar surface area (TPSA) is 89.5 Å². The first-order chi connectivity index (χ1) is 27.1. The lowest BCUT2D eigenvalue weighted by Crippen LogP contribution is -2.37. The molecule has 0 aromatic heterocycles. The minimum absolute atomic E-state index is 0.00515. The van der Waals surface area contributed by atoms with E-state index in [0.29, 0.717) is 47.2 Å². The third kappa shape index (κ3) is 12.0. The molecule has 0 spiro atoms. The van der Waals surface area contributed by atoms with Crippen LogP contribution in [0.25, 0.3) is 0 Å². The Kier molecular flexibility index (Phi) is 15.2. The second kappa shape index (κ2) is 19.8. The normalized spacial score (nSPS) is 11.8. The summed E-state index contributed by atoms with van der Waals surface area (Å²) in [5.41, 5.74) is 0.984. The molecule has 0 saturated carbocycles. The monoisotopic (exact) mass is 802 g/mol. The summed E-state index contributed by atoms with van der Waals surface area (Å²) < 4.78 is 111. The van der Waals surface area contributed by atoms with E-state index in [9.17, 15) is 40.6 Å². The Bertz CT molecular complexity index is 2060. The number of amides is 1. The third-order valence-electron chi connectivity index (χ3n) is 8.69. The molecule has 5 rings (SSSR count). The lowest BCUT2D eigenvalue weighted by Gasteiger charge is -2.26. The standard InChI is InChI=1S/C25H23F4NO4.C17H18F3NO2/c1-33-21-12-11-18(15-22(21)34-2)30(24(32)23(31)19-5-3-4-6-20(19)26)14-13-16-7-9-17(10-8-16)25(27,28)29;1-22-15-8-7-14(11-16(15)23-2)21-10-9-12-3-5-13(6-4-12)17(18,19)20/h3-12,15,23,31H,13-14H2,1-2H3;3-8,11,21H,9-10H2,1-2H3. The van der Waals surface area contributed by atoms with Gasteiger partial charge in [-0.3, -0.25) is 4.79 Å². The van der Waals surface area contributed by atoms with Gasteiger partial charge in [0, 0.05) is 42.2 Å². The van der Waals surface area contributed by atoms with Gasteiger partial charge in [0.1, 0.15) is 5.82 Å². The molecule has 0 bridgehead atoms. The summed E-state index contributed by atoms with van der Waals surface area (Å²) in [6.07, 6.45) is -9.74. The highest BCUT2D eigenvalue weighted by Crippen LogP contribution is 2.34. The number of benzene rings is 5. The van der Waals surface area contributed by atoms with Crippen LogP contribution in [0.5, 0.6) is 23.0 Å². The summed E-state index contributed by atoms with van der Waals surface area (Å²) in [5.74, 6) is 0.458. The molecule has 0 aliphatic carbocycles. The van der Waals surface area contributed by atoms with Crippen molar-refractivity contribution in [3.05, 3.63) is 143 Å². The molecule has 0 saturated heterocycles. The Morgan fingerprint density at radius 1 is 0.649 bits per heavy atom. The molecular formula is C42H41F7N2O6. The highest BCUT2D eigenvalue weighted by Gasteiger charge is 2.31. The van der Waals surface area contributed by atoms with Crippen molar-refractivity contribution in [1.82, 2.24) is 0 Å². The highest BCUT2D eigenvalue weighted by molar-refractivity contribution is 5.97. The van der Waals surface area contributed by atoms with Gasteiger partial charge < -0.3 is 34.3 Å². The lowest BCUT2D eigenvalue weighted by atomic mass is 10.1. The van der Waals surface area contributed by atoms with E-state index >= 15 is 0 Å². The van der Waals surface area contributed by atoms with E-state index in [4.69, 9.17) is 18.9 Å². The quantitative estimate of drug-likeness (QED) is 0.108. The number of nitrogens with zero attached hydrogens (tertiary/aromatic N) is 1. The fraction of sp³-hybridized carbons (Fsp3) is 0.262. The molecule has 0 radical (unpaired) electrons. The molecule has 8 nitrogen and oxygen atoms in total. The lowest BCUT2D eigenvalue weighted by molar-refractivity contribution is -0.138. The Morgan fingerprint density at radius 2 is 1.14 bits per heavy atom. The van der Waals surface area contributed by atoms with Crippen LogP contribution >= 0.6 is 0 Å². The van der Waals surface area contributed by atoms with Gasteiger partial charge in [-0.2, -0.15) is 26.3 Å². The van der Waals surface area contributed by atoms with Crippen molar-refractivity contribution >= 4 is 17.3 Å². The highest BCUT2D eigenvalue weighted by atomic mass is 19.4. The predicted octanol–water partition coefficient (Wildman–Crippen LogP) is 9.55. The minimum Gasteiger partial charge on any atom is -0.493 e. The van der Waals surface area contributed by atoms with E-state index in [1.165, 1.54) is 67.7 Å². The van der Waals surface area contributed by atoms with Crippen molar-refractivity contribution in [2.75, 3.05) is 51.7 Å². The molecule has 304 valence electrons. The van der Waals surface area contributed by atoms with Crippen molar-refractivity contribution < 1.29 is 59.6 Å². The minimum atomic E-state index is -4.45. The molecule has 1 atom stereocenters. The molecule has 0 aliphatic rings. The van der Waals surface area contributed by atoms with Crippen LogP contribution in [0.3, 0.4) is 0 Å². The summed E-state index contributed by atoms with van der Waals surface area (Å²) in [4.78, 5) is 14.5. The van der Waals surface area contributed by atoms with Crippen LogP contribution in [0.15, 0.2) is 109 Å². The van der Waals surface area contributed by atoms with Crippen LogP contribution in [-0.4, -0.2) is 52.5 Å². The SMILES string of the molecule is COc1ccc(N(CCc2ccc(C(F)(F)F)cc2)C(=O)C(O)c2ccccc2F)cc1OC.COc1ccc(NCCc2ccc(C(F)(F)F)cc2)cc1OC. The van der Waals surface area contributed by atoms with Gasteiger partial charge in [-0.1, -0.05) is 42.5 Å². The average Bonchev–Trinajstić information content (AvgIpc) is 3.20. The molecular weight excluding hydrogens is 761 g/mol. The number of aliphatic hydroxyl groups excluding tert-OH is 1. The number of rotatable bonds is 14. The average molecular weight is 803 g/mol. The van der Waals surface area contributed by atoms with E-state index in [2.05, 4.69) is 5.32 Å². The van der Waals surface area contributed by atoms with Crippen molar-refractivity contribution in [2.45, 2.75) is 31.3 Å². The number of anilines is 2. The zero-order chi connectivity index (χ0) is 41.8. The van der Waals surface area contributed by atoms with E-state index in [1.807, 2.05) is 12.1 Å². The summed E-state index contributed by atoms with van der Waals surface area (Å²) in [7, 11) is 6.00. The molecule has 1 amide bonds. The summed E-state index contributed by atoms with van der Waals surface area (Å²) in [6.45, 7) is 0.603. The van der Waals surface area contributed by atoms with Crippen LogP contribution in [0.1, 0.15) is 33.9 Å². The number of alkyl halides is 6. The second-order valence-corrected chi connectivity index (χ2v) is 12.3. The number of nitrogens with one attached hydrogen (secondary N) is 1. The first-order valence-electron chi connectivity index (χ1n) is 17.3. The number of hydrogen-bond acceptors (Lipinski definition) is 7. The maximum atomic E-state index is 14.2. The molecule has 0 fully saturated rings. The molecule has 0 aliphatic heterocycles. The smallest absolute Gasteiger partial charge is 0.416 e. The number of carbonyl (C=O) groups excluding carboxylic acids is 1. The first-order valence-corrected chi connectivity index (χ1v) is 17.3. The fourth-order valence-corrected chi connectivity index (χ4v) is 5.60. The Morgan fingerprint density at radius 3 is 1.65 bits per heavy atom. The Balaban J connectivity index is 0.000000273. The first kappa shape index (κ1) is 43.8. The summed E-state index contributed by atoms with van der Waals surface area (Å²) in [6, 6.07) is 25.3. The van der Waals surface area contributed by atoms with Gasteiger partial charge in [-0.25, -0.2) is 4.39 Å². The maximum Gasteiger partial charge on any atom is 0.416 e. The van der Waals surface area contributed by atoms with Gasteiger partial charge >= 0.3 is 12.4 Å². The zero-order valence-electron chi connectivity index (χ0n) is 31.4. The van der Waals surface area contributed by atoms with E-state index in [0.717, 1.165) is 41.6 Å². The second-order valence-electron chi connectivity index (χ2n) is 12.3. The number of carbonyl (C=O) groups is 1. The van der Waals surface area contributed by atoms with Crippen molar-refractivity contribution in [2.24, 2.45) is 0 Å². The molecule has 5 aromatic rings. The maximum absolute atomic E-state index is 14.2. The Hall–Kier alpha value is -5.96. The predicted molar refractivity (Wildman–Crippen MR) is 202 cm³/mol. The van der Waals surface area contributed by atoms with Crippen molar-refractivity contribution in [1.29, 1.82) is 0 Å². The number of ether oxygens (including phenoxy) is 4. The Labute approximate surface area is 325 Å². The molecule has 57 heavy (non-hydrogen) atoms. The van der Waals surface area contributed by atoms with Crippen LogP contribution in [0.2, 0.25) is 0 Å². The van der Waals surface area contributed by atoms with Gasteiger partial charge in [-0.15, -0.1) is 0 Å². The number of halogens is 7. The van der Waals surface area contributed by atoms with Gasteiger partial charge in [-0.05, 0) is 78.6 Å². The van der Waals surface area contributed by atoms with Crippen LogP contribution in [0, 0.1) is 5.82 Å². The van der Waals surface area contributed by atoms with E-state index in [-0.39, 0.29) is 18.5 Å². The molecule has 15 heteroatoms. The third-order valence-corrected chi connectivity index (χ3v) is 8.69. The van der Waals surface area contributed by atoms with Crippen molar-refractivity contribution in [3.63, 3.8) is 0 Å². The van der Waals surface area contributed by atoms with Gasteiger partial charge in [0.15, 0.2) is 29.1 Å². The van der Waals surface area contributed by atoms with Crippen molar-refractivity contribution in [3.8, 4) is 23.0 Å². The van der Waals surface area contributed by atoms with Crippen LogP contribution in [-0.2, 0) is 30.0 Å². The molecule has 0 heterocycles. The number of aliphatic hydroxyl groups is 1. The molecule has 2 N–H and O–H groups in total. The number of hydrogen-bond donors (Lipinski definition) is 2. The van der Waals surface area contributed by atoms with Gasteiger partial charge in [0.25, 0.3) is 5.91 Å². The molecule has 5 aromatic carbocycles. The fourth-order valence-electron chi connectivity index (χ4n) is 5.60. The van der Waals surface area contributed by atoms with Crippen LogP contribution in [0.4, 0.5) is 42.1 Å². The van der Waals surface area contributed by atoms with E-state index in [1.54, 1.807) is 32.4 Å². The molecule has 1 unspecified atom stereocenters. The largest absolute Gasteiger partial charge is 0.493 e.